The number of hydrogen-bond donors (Lipinski definition) is 3. The van der Waals surface area contributed by atoms with Crippen LogP contribution in [0, 0.1) is 5.92 Å². The molecule has 0 unspecified atom stereocenters. The summed E-state index contributed by atoms with van der Waals surface area (Å²) in [5.74, 6) is 1.22. The van der Waals surface area contributed by atoms with E-state index < -0.39 is 0 Å². The summed E-state index contributed by atoms with van der Waals surface area (Å²) in [4.78, 5) is 15.9. The van der Waals surface area contributed by atoms with Crippen LogP contribution in [-0.2, 0) is 4.79 Å². The number of hydrogen-bond acceptors (Lipinski definition) is 2. The van der Waals surface area contributed by atoms with E-state index in [0.29, 0.717) is 31.4 Å². The van der Waals surface area contributed by atoms with Crippen LogP contribution in [0.1, 0.15) is 51.9 Å². The monoisotopic (exact) mass is 268 g/mol. The highest BCUT2D eigenvalue weighted by molar-refractivity contribution is 5.78. The fourth-order valence-electron chi connectivity index (χ4n) is 2.41. The van der Waals surface area contributed by atoms with Gasteiger partial charge in [0.15, 0.2) is 5.96 Å². The van der Waals surface area contributed by atoms with E-state index in [9.17, 15) is 4.79 Å². The lowest BCUT2D eigenvalue weighted by Gasteiger charge is -2.20. The zero-order valence-corrected chi connectivity index (χ0v) is 12.1. The maximum atomic E-state index is 11.7. The first-order valence-electron chi connectivity index (χ1n) is 7.53. The number of nitrogens with zero attached hydrogens (tertiary/aromatic N) is 1. The maximum absolute atomic E-state index is 11.7. The van der Waals surface area contributed by atoms with Crippen LogP contribution >= 0.6 is 0 Å². The molecule has 19 heavy (non-hydrogen) atoms. The van der Waals surface area contributed by atoms with Crippen molar-refractivity contribution in [2.45, 2.75) is 51.9 Å². The van der Waals surface area contributed by atoms with E-state index in [1.165, 1.54) is 32.1 Å². The van der Waals surface area contributed by atoms with E-state index >= 15 is 0 Å². The molecule has 0 spiro atoms. The average Bonchev–Trinajstić information content (AvgIpc) is 2.42. The predicted molar refractivity (Wildman–Crippen MR) is 79.0 cm³/mol. The Morgan fingerprint density at radius 3 is 2.58 bits per heavy atom. The van der Waals surface area contributed by atoms with Gasteiger partial charge in [0.25, 0.3) is 0 Å². The molecule has 110 valence electrons. The van der Waals surface area contributed by atoms with Gasteiger partial charge in [0.1, 0.15) is 0 Å². The van der Waals surface area contributed by atoms with E-state index in [1.807, 2.05) is 0 Å². The molecule has 0 saturated heterocycles. The van der Waals surface area contributed by atoms with Gasteiger partial charge in [-0.05, 0) is 25.2 Å². The standard InChI is InChI=1S/C14H28N4O/c1-2-8-17-14(15)18-10-9-16-13(19)11-12-6-4-3-5-7-12/h12H,2-11H2,1H3,(H,16,19)(H3,15,17,18). The first-order valence-corrected chi connectivity index (χ1v) is 7.53. The van der Waals surface area contributed by atoms with E-state index in [0.717, 1.165) is 13.0 Å². The Bertz CT molecular complexity index is 285. The first-order chi connectivity index (χ1) is 9.22. The highest BCUT2D eigenvalue weighted by Gasteiger charge is 2.16. The molecule has 1 rings (SSSR count). The van der Waals surface area contributed by atoms with Crippen LogP contribution in [0.15, 0.2) is 4.99 Å². The number of guanidine groups is 1. The summed E-state index contributed by atoms with van der Waals surface area (Å²) in [6, 6.07) is 0. The van der Waals surface area contributed by atoms with Crippen LogP contribution in [0.4, 0.5) is 0 Å². The third-order valence-electron chi connectivity index (χ3n) is 3.46. The topological polar surface area (TPSA) is 79.5 Å². The molecule has 0 aromatic carbocycles. The Kier molecular flexibility index (Phi) is 8.02. The summed E-state index contributed by atoms with van der Waals surface area (Å²) in [5, 5.41) is 5.92. The second-order valence-electron chi connectivity index (χ2n) is 5.25. The van der Waals surface area contributed by atoms with Gasteiger partial charge < -0.3 is 16.4 Å². The molecule has 5 nitrogen and oxygen atoms in total. The van der Waals surface area contributed by atoms with Gasteiger partial charge in [-0.3, -0.25) is 9.79 Å². The summed E-state index contributed by atoms with van der Waals surface area (Å²) in [6.45, 7) is 4.04. The highest BCUT2D eigenvalue weighted by Crippen LogP contribution is 2.25. The Hall–Kier alpha value is -1.26. The van der Waals surface area contributed by atoms with Crippen molar-refractivity contribution in [3.63, 3.8) is 0 Å². The Morgan fingerprint density at radius 2 is 1.89 bits per heavy atom. The third-order valence-corrected chi connectivity index (χ3v) is 3.46. The minimum Gasteiger partial charge on any atom is -0.370 e. The summed E-state index contributed by atoms with van der Waals surface area (Å²) < 4.78 is 0. The molecule has 0 bridgehead atoms. The summed E-state index contributed by atoms with van der Waals surface area (Å²) in [6.07, 6.45) is 7.98. The van der Waals surface area contributed by atoms with Crippen LogP contribution in [0.3, 0.4) is 0 Å². The van der Waals surface area contributed by atoms with Crippen molar-refractivity contribution in [3.8, 4) is 0 Å². The summed E-state index contributed by atoms with van der Waals surface area (Å²) in [7, 11) is 0. The van der Waals surface area contributed by atoms with Gasteiger partial charge >= 0.3 is 0 Å². The fourth-order valence-corrected chi connectivity index (χ4v) is 2.41. The second-order valence-corrected chi connectivity index (χ2v) is 5.25. The number of carbonyl (C=O) groups excluding carboxylic acids is 1. The van der Waals surface area contributed by atoms with Gasteiger partial charge in [0.05, 0.1) is 0 Å². The molecule has 0 heterocycles. The molecule has 0 atom stereocenters. The van der Waals surface area contributed by atoms with Crippen molar-refractivity contribution in [2.24, 2.45) is 16.6 Å². The number of nitrogens with two attached hydrogens (primary N) is 1. The van der Waals surface area contributed by atoms with Crippen LogP contribution < -0.4 is 16.4 Å². The van der Waals surface area contributed by atoms with Crippen molar-refractivity contribution in [2.75, 3.05) is 19.6 Å². The van der Waals surface area contributed by atoms with Crippen LogP contribution in [0.25, 0.3) is 0 Å². The first kappa shape index (κ1) is 15.8. The summed E-state index contributed by atoms with van der Waals surface area (Å²) in [5.41, 5.74) is 5.65. The molecule has 1 fully saturated rings. The van der Waals surface area contributed by atoms with Gasteiger partial charge in [-0.15, -0.1) is 0 Å². The van der Waals surface area contributed by atoms with Crippen LogP contribution in [0.5, 0.6) is 0 Å². The molecule has 1 aliphatic carbocycles. The minimum atomic E-state index is 0.165. The summed E-state index contributed by atoms with van der Waals surface area (Å²) >= 11 is 0. The van der Waals surface area contributed by atoms with Gasteiger partial charge in [0.2, 0.25) is 5.91 Å². The predicted octanol–water partition coefficient (Wildman–Crippen LogP) is 1.39. The van der Waals surface area contributed by atoms with Gasteiger partial charge in [-0.1, -0.05) is 26.2 Å². The van der Waals surface area contributed by atoms with Crippen LogP contribution in [0.2, 0.25) is 0 Å². The molecular weight excluding hydrogens is 240 g/mol. The zero-order valence-electron chi connectivity index (χ0n) is 12.1. The molecule has 0 aromatic heterocycles. The molecule has 0 aromatic rings. The number of rotatable bonds is 7. The normalized spacial score (nSPS) is 17.2. The molecular formula is C14H28N4O. The molecule has 1 saturated carbocycles. The number of amides is 1. The second kappa shape index (κ2) is 9.64. The van der Waals surface area contributed by atoms with Gasteiger partial charge in [-0.2, -0.15) is 0 Å². The Morgan fingerprint density at radius 1 is 1.21 bits per heavy atom. The molecule has 4 N–H and O–H groups in total. The fraction of sp³-hybridized carbons (Fsp3) is 0.857. The number of nitrogens with one attached hydrogen (secondary N) is 2. The average molecular weight is 268 g/mol. The largest absolute Gasteiger partial charge is 0.370 e. The lowest BCUT2D eigenvalue weighted by atomic mass is 9.87. The molecule has 0 radical (unpaired) electrons. The molecule has 1 amide bonds. The third kappa shape index (κ3) is 7.70. The van der Waals surface area contributed by atoms with Crippen molar-refractivity contribution in [1.29, 1.82) is 0 Å². The van der Waals surface area contributed by atoms with Crippen molar-refractivity contribution < 1.29 is 4.79 Å². The smallest absolute Gasteiger partial charge is 0.220 e. The zero-order chi connectivity index (χ0) is 13.9. The van der Waals surface area contributed by atoms with Gasteiger partial charge in [-0.25, -0.2) is 0 Å². The van der Waals surface area contributed by atoms with E-state index in [2.05, 4.69) is 22.5 Å². The van der Waals surface area contributed by atoms with E-state index in [4.69, 9.17) is 5.73 Å². The minimum absolute atomic E-state index is 0.165. The van der Waals surface area contributed by atoms with Crippen molar-refractivity contribution in [1.82, 2.24) is 10.6 Å². The lowest BCUT2D eigenvalue weighted by molar-refractivity contribution is -0.122. The Labute approximate surface area is 116 Å². The SMILES string of the molecule is CCCN=C(N)NCCNC(=O)CC1CCCCC1. The van der Waals surface area contributed by atoms with Crippen LogP contribution in [-0.4, -0.2) is 31.5 Å². The molecule has 0 aliphatic heterocycles. The quantitative estimate of drug-likeness (QED) is 0.371. The number of aliphatic imine (C=N–C) groups is 1. The highest BCUT2D eigenvalue weighted by atomic mass is 16.1. The maximum Gasteiger partial charge on any atom is 0.220 e. The van der Waals surface area contributed by atoms with E-state index in [-0.39, 0.29) is 5.91 Å². The van der Waals surface area contributed by atoms with Crippen molar-refractivity contribution >= 4 is 11.9 Å². The lowest BCUT2D eigenvalue weighted by Crippen LogP contribution is -2.38. The van der Waals surface area contributed by atoms with Gasteiger partial charge in [0, 0.05) is 26.1 Å². The Balaban J connectivity index is 2.03. The molecule has 5 heteroatoms. The number of carbonyl (C=O) groups is 1. The van der Waals surface area contributed by atoms with E-state index in [1.54, 1.807) is 0 Å². The van der Waals surface area contributed by atoms with Crippen molar-refractivity contribution in [3.05, 3.63) is 0 Å². The molecule has 1 aliphatic rings.